The standard InChI is InChI=1S/C22H17F3N4O5/c23-22(24,25)33-15-3-1-2-14(10-15)29-8-9-32-18-16(11-17(18)29)20(30)26-13-6-4-12(5-7-13)19-27-21(31)34-28-19/h1-7,10-11,16,18H,8-9H2,(H,26,30)(H,27,28,31). The number of aromatic amines is 1. The predicted molar refractivity (Wildman–Crippen MR) is 113 cm³/mol. The monoisotopic (exact) mass is 474 g/mol. The Morgan fingerprint density at radius 2 is 2.00 bits per heavy atom. The van der Waals surface area contributed by atoms with Crippen LogP contribution in [0.25, 0.3) is 11.4 Å². The summed E-state index contributed by atoms with van der Waals surface area (Å²) >= 11 is 0. The predicted octanol–water partition coefficient (Wildman–Crippen LogP) is 3.29. The molecule has 1 saturated heterocycles. The number of fused-ring (bicyclic) bond motifs is 1. The van der Waals surface area contributed by atoms with E-state index in [4.69, 9.17) is 4.74 Å². The number of amides is 1. The molecule has 2 unspecified atom stereocenters. The average Bonchev–Trinajstić information content (AvgIpc) is 3.20. The van der Waals surface area contributed by atoms with Crippen molar-refractivity contribution in [3.05, 3.63) is 70.9 Å². The van der Waals surface area contributed by atoms with Gasteiger partial charge in [0.25, 0.3) is 0 Å². The van der Waals surface area contributed by atoms with Crippen molar-refractivity contribution in [1.29, 1.82) is 0 Å². The summed E-state index contributed by atoms with van der Waals surface area (Å²) < 4.78 is 51.9. The van der Waals surface area contributed by atoms with Crippen LogP contribution in [0, 0.1) is 5.92 Å². The molecule has 0 spiro atoms. The molecule has 9 nitrogen and oxygen atoms in total. The highest BCUT2D eigenvalue weighted by Crippen LogP contribution is 2.39. The first kappa shape index (κ1) is 21.8. The fourth-order valence-electron chi connectivity index (χ4n) is 3.90. The van der Waals surface area contributed by atoms with E-state index in [9.17, 15) is 22.8 Å². The number of hydrogen-bond donors (Lipinski definition) is 2. The van der Waals surface area contributed by atoms with Crippen molar-refractivity contribution in [2.45, 2.75) is 12.5 Å². The topological polar surface area (TPSA) is 110 Å². The van der Waals surface area contributed by atoms with Crippen LogP contribution in [-0.4, -0.2) is 41.7 Å². The highest BCUT2D eigenvalue weighted by molar-refractivity contribution is 5.96. The maximum absolute atomic E-state index is 12.8. The SMILES string of the molecule is O=C(Nc1ccc(-c2noc(=O)[nH]2)cc1)C1C=C2C1OCCN2c1cccc(OC(F)(F)F)c1. The molecule has 0 radical (unpaired) electrons. The van der Waals surface area contributed by atoms with Gasteiger partial charge in [-0.05, 0) is 42.5 Å². The van der Waals surface area contributed by atoms with Gasteiger partial charge in [0.15, 0.2) is 5.82 Å². The summed E-state index contributed by atoms with van der Waals surface area (Å²) in [5.41, 5.74) is 2.37. The van der Waals surface area contributed by atoms with Crippen molar-refractivity contribution in [2.24, 2.45) is 5.92 Å². The summed E-state index contributed by atoms with van der Waals surface area (Å²) in [6.45, 7) is 0.735. The summed E-state index contributed by atoms with van der Waals surface area (Å²) in [5, 5.41) is 6.41. The molecule has 34 heavy (non-hydrogen) atoms. The summed E-state index contributed by atoms with van der Waals surface area (Å²) in [6.07, 6.45) is -3.57. The molecule has 3 aromatic rings. The number of hydrogen-bond acceptors (Lipinski definition) is 7. The lowest BCUT2D eigenvalue weighted by atomic mass is 9.84. The Kier molecular flexibility index (Phi) is 5.36. The van der Waals surface area contributed by atoms with Gasteiger partial charge in [-0.3, -0.25) is 14.3 Å². The molecule has 0 saturated carbocycles. The van der Waals surface area contributed by atoms with Crippen LogP contribution in [0.2, 0.25) is 0 Å². The number of aromatic nitrogens is 2. The molecule has 1 amide bonds. The van der Waals surface area contributed by atoms with Crippen LogP contribution < -0.4 is 20.7 Å². The number of nitrogens with one attached hydrogen (secondary N) is 2. The second-order valence-electron chi connectivity index (χ2n) is 7.62. The van der Waals surface area contributed by atoms with E-state index < -0.39 is 24.1 Å². The zero-order valence-electron chi connectivity index (χ0n) is 17.3. The Morgan fingerprint density at radius 1 is 1.21 bits per heavy atom. The van der Waals surface area contributed by atoms with Crippen molar-refractivity contribution < 1.29 is 32.0 Å². The van der Waals surface area contributed by atoms with Gasteiger partial charge in [0.1, 0.15) is 11.9 Å². The van der Waals surface area contributed by atoms with E-state index in [0.29, 0.717) is 35.8 Å². The first-order valence-electron chi connectivity index (χ1n) is 10.2. The maximum Gasteiger partial charge on any atom is 0.573 e. The van der Waals surface area contributed by atoms with Gasteiger partial charge in [-0.2, -0.15) is 0 Å². The Morgan fingerprint density at radius 3 is 2.71 bits per heavy atom. The molecule has 5 rings (SSSR count). The van der Waals surface area contributed by atoms with Gasteiger partial charge >= 0.3 is 12.1 Å². The summed E-state index contributed by atoms with van der Waals surface area (Å²) in [5.74, 6) is -1.55. The Hall–Kier alpha value is -4.06. The molecule has 1 fully saturated rings. The van der Waals surface area contributed by atoms with Crippen molar-refractivity contribution in [1.82, 2.24) is 10.1 Å². The Labute approximate surface area is 189 Å². The first-order valence-corrected chi connectivity index (χ1v) is 10.2. The Balaban J connectivity index is 1.27. The summed E-state index contributed by atoms with van der Waals surface area (Å²) in [4.78, 5) is 28.1. The van der Waals surface area contributed by atoms with Crippen LogP contribution in [0.3, 0.4) is 0 Å². The zero-order chi connectivity index (χ0) is 23.9. The second-order valence-corrected chi connectivity index (χ2v) is 7.62. The molecule has 12 heteroatoms. The Bertz CT molecular complexity index is 1300. The molecule has 1 aliphatic carbocycles. The lowest BCUT2D eigenvalue weighted by Crippen LogP contribution is -2.52. The lowest BCUT2D eigenvalue weighted by Gasteiger charge is -2.45. The number of rotatable bonds is 5. The third-order valence-electron chi connectivity index (χ3n) is 5.42. The number of alkyl halides is 3. The van der Waals surface area contributed by atoms with Gasteiger partial charge < -0.3 is 19.7 Å². The largest absolute Gasteiger partial charge is 0.573 e. The molecule has 1 aromatic heterocycles. The van der Waals surface area contributed by atoms with Gasteiger partial charge in [0.2, 0.25) is 5.91 Å². The fraction of sp³-hybridized carbons (Fsp3) is 0.227. The molecule has 2 aliphatic rings. The van der Waals surface area contributed by atoms with Gasteiger partial charge in [0.05, 0.1) is 12.5 Å². The highest BCUT2D eigenvalue weighted by Gasteiger charge is 2.44. The minimum Gasteiger partial charge on any atom is -0.406 e. The molecule has 2 heterocycles. The average molecular weight is 474 g/mol. The molecule has 176 valence electrons. The number of carbonyl (C=O) groups is 1. The van der Waals surface area contributed by atoms with Crippen molar-refractivity contribution in [3.8, 4) is 17.1 Å². The van der Waals surface area contributed by atoms with Gasteiger partial charge in [0, 0.05) is 35.2 Å². The number of ether oxygens (including phenoxy) is 2. The van der Waals surface area contributed by atoms with Crippen molar-refractivity contribution >= 4 is 17.3 Å². The first-order chi connectivity index (χ1) is 16.3. The number of anilines is 2. The smallest absolute Gasteiger partial charge is 0.406 e. The van der Waals surface area contributed by atoms with Crippen LogP contribution >= 0.6 is 0 Å². The molecule has 2 atom stereocenters. The van der Waals surface area contributed by atoms with E-state index in [1.807, 2.05) is 4.90 Å². The van der Waals surface area contributed by atoms with Gasteiger partial charge in [-0.1, -0.05) is 11.2 Å². The lowest BCUT2D eigenvalue weighted by molar-refractivity contribution is -0.274. The number of H-pyrrole nitrogens is 1. The number of nitrogens with zero attached hydrogens (tertiary/aromatic N) is 2. The molecule has 0 bridgehead atoms. The maximum atomic E-state index is 12.8. The molecular weight excluding hydrogens is 457 g/mol. The van der Waals surface area contributed by atoms with E-state index >= 15 is 0 Å². The summed E-state index contributed by atoms with van der Waals surface area (Å²) in [7, 11) is 0. The number of carbonyl (C=O) groups excluding carboxylic acids is 1. The van der Waals surface area contributed by atoms with Crippen molar-refractivity contribution in [2.75, 3.05) is 23.4 Å². The number of halogens is 3. The quantitative estimate of drug-likeness (QED) is 0.584. The number of benzene rings is 2. The van der Waals surface area contributed by atoms with E-state index in [1.165, 1.54) is 18.2 Å². The van der Waals surface area contributed by atoms with Crippen LogP contribution in [0.15, 0.2) is 69.6 Å². The van der Waals surface area contributed by atoms with E-state index in [2.05, 4.69) is 24.7 Å². The number of morpholine rings is 1. The molecular formula is C22H17F3N4O5. The second kappa shape index (κ2) is 8.37. The molecule has 2 aromatic carbocycles. The van der Waals surface area contributed by atoms with Crippen LogP contribution in [-0.2, 0) is 9.53 Å². The summed E-state index contributed by atoms with van der Waals surface area (Å²) in [6, 6.07) is 12.3. The molecule has 1 aliphatic heterocycles. The van der Waals surface area contributed by atoms with Crippen LogP contribution in [0.4, 0.5) is 24.5 Å². The van der Waals surface area contributed by atoms with Gasteiger partial charge in [-0.25, -0.2) is 4.79 Å². The highest BCUT2D eigenvalue weighted by atomic mass is 19.4. The van der Waals surface area contributed by atoms with E-state index in [1.54, 1.807) is 36.4 Å². The van der Waals surface area contributed by atoms with E-state index in [-0.39, 0.29) is 17.5 Å². The normalized spacial score (nSPS) is 19.6. The van der Waals surface area contributed by atoms with Crippen LogP contribution in [0.1, 0.15) is 0 Å². The zero-order valence-corrected chi connectivity index (χ0v) is 17.3. The van der Waals surface area contributed by atoms with Crippen LogP contribution in [0.5, 0.6) is 5.75 Å². The minimum atomic E-state index is -4.78. The fourth-order valence-corrected chi connectivity index (χ4v) is 3.90. The van der Waals surface area contributed by atoms with E-state index in [0.717, 1.165) is 0 Å². The minimum absolute atomic E-state index is 0.273. The van der Waals surface area contributed by atoms with Crippen molar-refractivity contribution in [3.63, 3.8) is 0 Å². The third-order valence-corrected chi connectivity index (χ3v) is 5.42. The third kappa shape index (κ3) is 4.39. The van der Waals surface area contributed by atoms with Gasteiger partial charge in [-0.15, -0.1) is 13.2 Å². The molecule has 2 N–H and O–H groups in total.